The number of fused-ring (bicyclic) bond motifs is 1. The van der Waals surface area contributed by atoms with Crippen LogP contribution in [-0.4, -0.2) is 73.5 Å². The fourth-order valence-corrected chi connectivity index (χ4v) is 4.27. The summed E-state index contributed by atoms with van der Waals surface area (Å²) in [5.74, 6) is 1.98. The molecule has 1 aliphatic carbocycles. The lowest BCUT2D eigenvalue weighted by atomic mass is 10.2. The Bertz CT molecular complexity index is 595. The van der Waals surface area contributed by atoms with E-state index < -0.39 is 0 Å². The van der Waals surface area contributed by atoms with E-state index in [1.165, 1.54) is 5.56 Å². The fourth-order valence-electron chi connectivity index (χ4n) is 4.27. The van der Waals surface area contributed by atoms with Gasteiger partial charge in [0.2, 0.25) is 5.91 Å². The largest absolute Gasteiger partial charge is 0.340 e. The van der Waals surface area contributed by atoms with Crippen LogP contribution < -0.4 is 0 Å². The van der Waals surface area contributed by atoms with Gasteiger partial charge < -0.3 is 9.80 Å². The van der Waals surface area contributed by atoms with E-state index in [9.17, 15) is 4.79 Å². The maximum absolute atomic E-state index is 12.7. The molecule has 2 saturated heterocycles. The molecule has 1 unspecified atom stereocenters. The van der Waals surface area contributed by atoms with Gasteiger partial charge in [0, 0.05) is 51.7 Å². The molecule has 2 aliphatic heterocycles. The van der Waals surface area contributed by atoms with Crippen molar-refractivity contribution in [1.82, 2.24) is 14.7 Å². The first kappa shape index (κ1) is 15.9. The Kier molecular flexibility index (Phi) is 4.42. The molecule has 24 heavy (non-hydrogen) atoms. The summed E-state index contributed by atoms with van der Waals surface area (Å²) in [5.41, 5.74) is 1.25. The standard InChI is InChI=1S/C20H27N3O/c1-21-10-12-23(13-11-21)20(24)19-17-14-22(15-18(17)19)9-5-8-16-6-3-2-4-7-16/h2-8,17-19H,9-15H2,1H3/b8-5+/t17-,18+,19?. The van der Waals surface area contributed by atoms with Crippen LogP contribution in [0.1, 0.15) is 5.56 Å². The Hall–Kier alpha value is -1.65. The summed E-state index contributed by atoms with van der Waals surface area (Å²) in [7, 11) is 2.13. The van der Waals surface area contributed by atoms with Crippen molar-refractivity contribution in [3.05, 3.63) is 42.0 Å². The molecule has 1 aromatic rings. The summed E-state index contributed by atoms with van der Waals surface area (Å²) in [6, 6.07) is 10.4. The van der Waals surface area contributed by atoms with E-state index in [4.69, 9.17) is 0 Å². The van der Waals surface area contributed by atoms with Crippen molar-refractivity contribution in [2.75, 3.05) is 52.9 Å². The van der Waals surface area contributed by atoms with Crippen LogP contribution >= 0.6 is 0 Å². The number of nitrogens with zero attached hydrogens (tertiary/aromatic N) is 3. The van der Waals surface area contributed by atoms with Crippen LogP contribution in [-0.2, 0) is 4.79 Å². The molecule has 0 aromatic heterocycles. The summed E-state index contributed by atoms with van der Waals surface area (Å²) in [5, 5.41) is 0. The van der Waals surface area contributed by atoms with Crippen LogP contribution in [0.4, 0.5) is 0 Å². The quantitative estimate of drug-likeness (QED) is 0.842. The zero-order valence-electron chi connectivity index (χ0n) is 14.5. The third-order valence-corrected chi connectivity index (χ3v) is 5.84. The molecule has 0 bridgehead atoms. The first-order valence-electron chi connectivity index (χ1n) is 9.13. The summed E-state index contributed by atoms with van der Waals surface area (Å²) in [6.45, 7) is 7.04. The van der Waals surface area contributed by atoms with Crippen molar-refractivity contribution in [1.29, 1.82) is 0 Å². The van der Waals surface area contributed by atoms with E-state index >= 15 is 0 Å². The number of rotatable bonds is 4. The lowest BCUT2D eigenvalue weighted by molar-refractivity contribution is -0.135. The lowest BCUT2D eigenvalue weighted by Gasteiger charge is -2.33. The molecule has 1 aromatic carbocycles. The van der Waals surface area contributed by atoms with Crippen molar-refractivity contribution in [2.24, 2.45) is 17.8 Å². The number of carbonyl (C=O) groups is 1. The summed E-state index contributed by atoms with van der Waals surface area (Å²) in [6.07, 6.45) is 4.44. The predicted octanol–water partition coefficient (Wildman–Crippen LogP) is 1.65. The lowest BCUT2D eigenvalue weighted by Crippen LogP contribution is -2.48. The van der Waals surface area contributed by atoms with E-state index in [1.54, 1.807) is 0 Å². The molecule has 4 rings (SSSR count). The molecule has 0 radical (unpaired) electrons. The molecule has 3 atom stereocenters. The van der Waals surface area contributed by atoms with E-state index in [1.807, 2.05) is 6.07 Å². The van der Waals surface area contributed by atoms with Gasteiger partial charge in [-0.1, -0.05) is 42.5 Å². The van der Waals surface area contributed by atoms with Gasteiger partial charge in [-0.3, -0.25) is 9.69 Å². The van der Waals surface area contributed by atoms with Crippen molar-refractivity contribution < 1.29 is 4.79 Å². The zero-order valence-corrected chi connectivity index (χ0v) is 14.5. The second-order valence-corrected chi connectivity index (χ2v) is 7.51. The minimum atomic E-state index is 0.322. The van der Waals surface area contributed by atoms with E-state index in [2.05, 4.69) is 58.2 Å². The third-order valence-electron chi connectivity index (χ3n) is 5.84. The topological polar surface area (TPSA) is 26.8 Å². The molecule has 0 N–H and O–H groups in total. The second kappa shape index (κ2) is 6.69. The highest BCUT2D eigenvalue weighted by Crippen LogP contribution is 2.52. The fraction of sp³-hybridized carbons (Fsp3) is 0.550. The van der Waals surface area contributed by atoms with Crippen molar-refractivity contribution in [3.63, 3.8) is 0 Å². The van der Waals surface area contributed by atoms with Gasteiger partial charge in [0.05, 0.1) is 0 Å². The molecular weight excluding hydrogens is 298 g/mol. The van der Waals surface area contributed by atoms with Gasteiger partial charge in [0.25, 0.3) is 0 Å². The smallest absolute Gasteiger partial charge is 0.226 e. The number of likely N-dealkylation sites (tertiary alicyclic amines) is 1. The summed E-state index contributed by atoms with van der Waals surface area (Å²) in [4.78, 5) is 19.6. The Morgan fingerprint density at radius 3 is 2.42 bits per heavy atom. The van der Waals surface area contributed by atoms with Crippen LogP contribution in [0, 0.1) is 17.8 Å². The van der Waals surface area contributed by atoms with Crippen LogP contribution in [0.25, 0.3) is 6.08 Å². The van der Waals surface area contributed by atoms with E-state index in [0.29, 0.717) is 23.7 Å². The Balaban J connectivity index is 1.23. The number of benzene rings is 1. The summed E-state index contributed by atoms with van der Waals surface area (Å²) < 4.78 is 0. The summed E-state index contributed by atoms with van der Waals surface area (Å²) >= 11 is 0. The average Bonchev–Trinajstić information content (AvgIpc) is 3.11. The van der Waals surface area contributed by atoms with Gasteiger partial charge in [-0.05, 0) is 24.4 Å². The molecule has 1 amide bonds. The highest BCUT2D eigenvalue weighted by Gasteiger charge is 2.59. The minimum Gasteiger partial charge on any atom is -0.340 e. The molecule has 1 saturated carbocycles. The predicted molar refractivity (Wildman–Crippen MR) is 96.5 cm³/mol. The SMILES string of the molecule is CN1CCN(C(=O)C2[C@H]3CN(C/C=C/c4ccccc4)C[C@@H]23)CC1. The monoisotopic (exact) mass is 325 g/mol. The Labute approximate surface area is 144 Å². The van der Waals surface area contributed by atoms with Gasteiger partial charge in [-0.25, -0.2) is 0 Å². The second-order valence-electron chi connectivity index (χ2n) is 7.51. The average molecular weight is 325 g/mol. The van der Waals surface area contributed by atoms with Gasteiger partial charge in [-0.15, -0.1) is 0 Å². The van der Waals surface area contributed by atoms with E-state index in [0.717, 1.165) is 45.8 Å². The highest BCUT2D eigenvalue weighted by atomic mass is 16.2. The van der Waals surface area contributed by atoms with Gasteiger partial charge in [0.1, 0.15) is 0 Å². The van der Waals surface area contributed by atoms with Crippen molar-refractivity contribution in [3.8, 4) is 0 Å². The Morgan fingerprint density at radius 1 is 1.08 bits per heavy atom. The van der Waals surface area contributed by atoms with Gasteiger partial charge >= 0.3 is 0 Å². The number of amides is 1. The number of piperidine rings is 1. The van der Waals surface area contributed by atoms with Crippen LogP contribution in [0.15, 0.2) is 36.4 Å². The number of piperazine rings is 1. The molecule has 0 spiro atoms. The maximum Gasteiger partial charge on any atom is 0.226 e. The minimum absolute atomic E-state index is 0.322. The number of hydrogen-bond acceptors (Lipinski definition) is 3. The molecule has 2 heterocycles. The highest BCUT2D eigenvalue weighted by molar-refractivity contribution is 5.82. The molecule has 3 aliphatic rings. The Morgan fingerprint density at radius 2 is 1.75 bits per heavy atom. The first-order valence-corrected chi connectivity index (χ1v) is 9.13. The molecule has 4 heteroatoms. The maximum atomic E-state index is 12.7. The van der Waals surface area contributed by atoms with Crippen LogP contribution in [0.5, 0.6) is 0 Å². The molecule has 4 nitrogen and oxygen atoms in total. The number of likely N-dealkylation sites (N-methyl/N-ethyl adjacent to an activating group) is 1. The molecule has 128 valence electrons. The molecular formula is C20H27N3O. The first-order chi connectivity index (χ1) is 11.7. The third kappa shape index (κ3) is 3.26. The van der Waals surface area contributed by atoms with Gasteiger partial charge in [0.15, 0.2) is 0 Å². The number of hydrogen-bond donors (Lipinski definition) is 0. The normalized spacial score (nSPS) is 30.7. The van der Waals surface area contributed by atoms with E-state index in [-0.39, 0.29) is 0 Å². The van der Waals surface area contributed by atoms with Crippen molar-refractivity contribution >= 4 is 12.0 Å². The zero-order chi connectivity index (χ0) is 16.5. The van der Waals surface area contributed by atoms with Crippen molar-refractivity contribution in [2.45, 2.75) is 0 Å². The van der Waals surface area contributed by atoms with Crippen LogP contribution in [0.3, 0.4) is 0 Å². The van der Waals surface area contributed by atoms with Crippen LogP contribution in [0.2, 0.25) is 0 Å². The van der Waals surface area contributed by atoms with Gasteiger partial charge in [-0.2, -0.15) is 0 Å². The number of carbonyl (C=O) groups excluding carboxylic acids is 1. The molecule has 3 fully saturated rings.